The summed E-state index contributed by atoms with van der Waals surface area (Å²) in [5, 5.41) is 182. The Morgan fingerprint density at radius 3 is 1.26 bits per heavy atom. The molecule has 0 radical (unpaired) electrons. The first-order valence-corrected chi connectivity index (χ1v) is 31.8. The maximum atomic E-state index is 13.1. The lowest BCUT2D eigenvalue weighted by atomic mass is 9.88. The first-order chi connectivity index (χ1) is 43.6. The monoisotopic (exact) mass is 1440 g/mol. The zero-order valence-electron chi connectivity index (χ0n) is 48.8. The van der Waals surface area contributed by atoms with Crippen LogP contribution in [0.3, 0.4) is 0 Å². The van der Waals surface area contributed by atoms with E-state index in [0.717, 1.165) is 20.8 Å². The lowest BCUT2D eigenvalue weighted by Gasteiger charge is -2.51. The fourth-order valence-electron chi connectivity index (χ4n) is 10.8. The molecular formula is C45H75N3O43S3. The maximum Gasteiger partial charge on any atom is 0.397 e. The Kier molecular flexibility index (Phi) is 27.6. The molecule has 6 heterocycles. The highest BCUT2D eigenvalue weighted by atomic mass is 32.3. The van der Waals surface area contributed by atoms with Crippen LogP contribution in [0.1, 0.15) is 27.2 Å². The molecule has 1 unspecified atom stereocenters. The van der Waals surface area contributed by atoms with Gasteiger partial charge in [-0.15, -0.1) is 0 Å². The van der Waals surface area contributed by atoms with E-state index < -0.39 is 291 Å². The second-order valence-corrected chi connectivity index (χ2v) is 25.3. The number of aliphatic carboxylic acids is 1. The largest absolute Gasteiger partial charge is 0.477 e. The molecule has 0 aliphatic carbocycles. The van der Waals surface area contributed by atoms with E-state index in [1.807, 2.05) is 0 Å². The molecule has 31 atom stereocenters. The lowest BCUT2D eigenvalue weighted by Crippen LogP contribution is -2.71. The summed E-state index contributed by atoms with van der Waals surface area (Å²) < 4.78 is 176. The predicted octanol–water partition coefficient (Wildman–Crippen LogP) is -15.0. The predicted molar refractivity (Wildman–Crippen MR) is 282 cm³/mol. The number of carbonyl (C=O) groups is 4. The van der Waals surface area contributed by atoms with Crippen molar-refractivity contribution in [1.82, 2.24) is 16.0 Å². The van der Waals surface area contributed by atoms with Crippen LogP contribution < -0.4 is 16.0 Å². The van der Waals surface area contributed by atoms with Crippen LogP contribution in [0.5, 0.6) is 0 Å². The van der Waals surface area contributed by atoms with Crippen LogP contribution in [-0.4, -0.2) is 374 Å². The van der Waals surface area contributed by atoms with Gasteiger partial charge in [0.15, 0.2) is 31.5 Å². The number of nitrogens with one attached hydrogen (secondary N) is 3. The zero-order chi connectivity index (χ0) is 70.6. The molecule has 0 spiro atoms. The molecule has 546 valence electrons. The van der Waals surface area contributed by atoms with Crippen molar-refractivity contribution in [3.63, 3.8) is 0 Å². The number of ether oxygens (including phenoxy) is 11. The number of carboxylic acid groups (broad SMARTS) is 1. The summed E-state index contributed by atoms with van der Waals surface area (Å²) in [6.07, 6.45) is -64.4. The van der Waals surface area contributed by atoms with Crippen LogP contribution in [0.4, 0.5) is 0 Å². The molecule has 0 aromatic carbocycles. The van der Waals surface area contributed by atoms with Crippen molar-refractivity contribution in [2.24, 2.45) is 0 Å². The lowest BCUT2D eigenvalue weighted by molar-refractivity contribution is -0.390. The summed E-state index contributed by atoms with van der Waals surface area (Å²) in [7, 11) is -16.7. The molecule has 6 aliphatic heterocycles. The van der Waals surface area contributed by atoms with E-state index in [0.29, 0.717) is 0 Å². The van der Waals surface area contributed by atoms with Gasteiger partial charge in [0.25, 0.3) is 5.79 Å². The van der Waals surface area contributed by atoms with E-state index in [2.05, 4.69) is 28.5 Å². The van der Waals surface area contributed by atoms with Gasteiger partial charge in [-0.3, -0.25) is 28.0 Å². The van der Waals surface area contributed by atoms with Crippen LogP contribution in [0.15, 0.2) is 0 Å². The van der Waals surface area contributed by atoms with Gasteiger partial charge in [0.2, 0.25) is 17.7 Å². The molecule has 3 amide bonds. The van der Waals surface area contributed by atoms with Gasteiger partial charge >= 0.3 is 37.2 Å². The third-order valence-corrected chi connectivity index (χ3v) is 16.5. The molecule has 0 aromatic rings. The number of amides is 3. The Hall–Kier alpha value is -3.55. The van der Waals surface area contributed by atoms with Crippen LogP contribution in [-0.2, 0) is 115 Å². The highest BCUT2D eigenvalue weighted by Gasteiger charge is 2.62. The summed E-state index contributed by atoms with van der Waals surface area (Å²) in [6.45, 7) is -5.53. The van der Waals surface area contributed by atoms with E-state index in [9.17, 15) is 140 Å². The first-order valence-electron chi connectivity index (χ1n) is 27.7. The molecule has 0 aromatic heterocycles. The van der Waals surface area contributed by atoms with Gasteiger partial charge in [-0.05, 0) is 0 Å². The van der Waals surface area contributed by atoms with E-state index in [4.69, 9.17) is 52.1 Å². The van der Waals surface area contributed by atoms with Crippen molar-refractivity contribution in [3.8, 4) is 0 Å². The van der Waals surface area contributed by atoms with Gasteiger partial charge < -0.3 is 150 Å². The van der Waals surface area contributed by atoms with E-state index in [-0.39, 0.29) is 0 Å². The number of carboxylic acids is 1. The average molecular weight is 1440 g/mol. The van der Waals surface area contributed by atoms with E-state index >= 15 is 0 Å². The SMILES string of the molecule is CC(=O)N[C@H]1[C@H](O[C@H]2[C@@H](O)[C@@H](COS(=O)(=O)O)O[C@@H](O[C@H]3[C@H](O)[C@@H](NC(C)=O)[C@H](O[C@H]4[C@@H](O)[C@@H](CO)OC(O)[C@@H]4O)O[C@@H]3COS(=O)(=O)O)[C@@H]2O)O[C@H](COS(=O)(=O)O)[C@@H](O[C@@H]2O[C@H](CO)[C@H](O)[C@H](O[C@]3(C(=O)O)C[C@H](O)[C@@H](NC(C)=O)[C@H]([C@H](O)[C@H](O)CO)O3)[C@H]2O)[C@@H]1O. The number of carbonyl (C=O) groups excluding carboxylic acids is 3. The van der Waals surface area contributed by atoms with Crippen molar-refractivity contribution in [2.75, 3.05) is 39.6 Å². The normalized spacial score (nSPS) is 42.4. The molecule has 6 aliphatic rings. The molecule has 94 heavy (non-hydrogen) atoms. The third kappa shape index (κ3) is 19.7. The van der Waals surface area contributed by atoms with Gasteiger partial charge in [0, 0.05) is 27.2 Å². The highest BCUT2D eigenvalue weighted by Crippen LogP contribution is 2.40. The van der Waals surface area contributed by atoms with Crippen molar-refractivity contribution in [3.05, 3.63) is 0 Å². The summed E-state index contributed by atoms with van der Waals surface area (Å²) >= 11 is 0. The Bertz CT molecular complexity index is 2890. The van der Waals surface area contributed by atoms with Gasteiger partial charge in [-0.25, -0.2) is 17.3 Å². The van der Waals surface area contributed by atoms with Crippen LogP contribution in [0.2, 0.25) is 0 Å². The molecule has 0 bridgehead atoms. The number of rotatable bonds is 28. The molecule has 49 heteroatoms. The summed E-state index contributed by atoms with van der Waals surface area (Å²) in [5.41, 5.74) is 0. The molecule has 6 saturated heterocycles. The topological polar surface area (TPSA) is 720 Å². The quantitative estimate of drug-likeness (QED) is 0.0324. The summed E-state index contributed by atoms with van der Waals surface area (Å²) in [5.74, 6) is -8.66. The molecule has 6 rings (SSSR count). The fourth-order valence-corrected chi connectivity index (χ4v) is 11.8. The smallest absolute Gasteiger partial charge is 0.397 e. The van der Waals surface area contributed by atoms with Gasteiger partial charge in [0.05, 0.1) is 51.8 Å². The van der Waals surface area contributed by atoms with Crippen molar-refractivity contribution < 1.29 is 204 Å². The number of hydrogen-bond donors (Lipinski definition) is 22. The average Bonchev–Trinajstić information content (AvgIpc) is 0.764. The fraction of sp³-hybridized carbons (Fsp3) is 0.911. The minimum atomic E-state index is -5.61. The zero-order valence-corrected chi connectivity index (χ0v) is 51.2. The molecular weight excluding hydrogens is 1370 g/mol. The molecule has 0 saturated carbocycles. The number of hydrogen-bond acceptors (Lipinski definition) is 39. The van der Waals surface area contributed by atoms with Gasteiger partial charge in [-0.1, -0.05) is 0 Å². The van der Waals surface area contributed by atoms with Crippen molar-refractivity contribution in [2.45, 2.75) is 217 Å². The number of aliphatic hydroxyl groups excluding tert-OH is 15. The minimum Gasteiger partial charge on any atom is -0.477 e. The van der Waals surface area contributed by atoms with Crippen LogP contribution in [0, 0.1) is 0 Å². The van der Waals surface area contributed by atoms with Crippen molar-refractivity contribution in [1.29, 1.82) is 0 Å². The third-order valence-electron chi connectivity index (χ3n) is 15.2. The summed E-state index contributed by atoms with van der Waals surface area (Å²) in [4.78, 5) is 50.8. The second-order valence-electron chi connectivity index (χ2n) is 22.0. The number of aliphatic hydroxyl groups is 15. The van der Waals surface area contributed by atoms with Crippen LogP contribution in [0.25, 0.3) is 0 Å². The maximum absolute atomic E-state index is 13.1. The minimum absolute atomic E-state index is 0.780. The molecule has 46 nitrogen and oxygen atoms in total. The van der Waals surface area contributed by atoms with Gasteiger partial charge in [0.1, 0.15) is 140 Å². The second kappa shape index (κ2) is 32.6. The Balaban J connectivity index is 1.36. The molecule has 6 fully saturated rings. The Labute approximate surface area is 530 Å². The van der Waals surface area contributed by atoms with E-state index in [1.165, 1.54) is 0 Å². The molecule has 22 N–H and O–H groups in total. The van der Waals surface area contributed by atoms with Crippen LogP contribution >= 0.6 is 0 Å². The van der Waals surface area contributed by atoms with E-state index in [1.54, 1.807) is 0 Å². The Morgan fingerprint density at radius 1 is 0.479 bits per heavy atom. The van der Waals surface area contributed by atoms with Gasteiger partial charge in [-0.2, -0.15) is 25.3 Å². The summed E-state index contributed by atoms with van der Waals surface area (Å²) in [6, 6.07) is -6.10. The first kappa shape index (κ1) is 79.4. The standard InChI is InChI=1S/C45H75N3O43S3/c1-11(52)46-21-14(55)4-45(44(67)68,90-35(21)24(57)15(56)5-49)91-38-26(59)17(7-51)82-43(32(38)65)87-34-20(10-80-94(75,76)77)85-41(23(29(34)62)48-13(3)54)89-37-27(60)18(8-78-92(69,70)71)83-42(31(37)64)86-33-19(9-79-93(72,73)74)84-40(22(28(33)61)47-12(2)53)88-36-25(58)16(6-50)81-39(66)30(36)63/h14-43,49-51,55-66H,4-10H2,1-3H3,(H,46,52)(H,47,53)(H,48,54)(H,67,68)(H,69,70,71)(H,72,73,74)(H,75,76,77)/t14-,15+,16+,17+,18+,19+,20+,21+,22+,23+,24+,25-,26-,27-,28+,29+,30+,31+,32+,33+,34+,35+,36-,37-,38-,39?,40-,41-,42-,43-,45-/m0/s1. The Morgan fingerprint density at radius 2 is 0.840 bits per heavy atom. The van der Waals surface area contributed by atoms with Crippen molar-refractivity contribution >= 4 is 54.9 Å². The highest BCUT2D eigenvalue weighted by molar-refractivity contribution is 7.81.